The van der Waals surface area contributed by atoms with Gasteiger partial charge in [0.1, 0.15) is 0 Å². The maximum Gasteiger partial charge on any atom is 0.315 e. The van der Waals surface area contributed by atoms with Gasteiger partial charge in [-0.15, -0.1) is 5.10 Å². The lowest BCUT2D eigenvalue weighted by molar-refractivity contribution is -0.128. The molecule has 21 heavy (non-hydrogen) atoms. The Kier molecular flexibility index (Phi) is 4.82. The zero-order valence-electron chi connectivity index (χ0n) is 13.2. The summed E-state index contributed by atoms with van der Waals surface area (Å²) in [7, 11) is 1.64. The van der Waals surface area contributed by atoms with Crippen molar-refractivity contribution >= 4 is 11.9 Å². The van der Waals surface area contributed by atoms with Gasteiger partial charge in [0, 0.05) is 44.5 Å². The molecular formula is C14H24N4O3. The average Bonchev–Trinajstić information content (AvgIpc) is 3.00. The minimum Gasteiger partial charge on any atom is -0.408 e. The number of amides is 1. The third-order valence-corrected chi connectivity index (χ3v) is 3.47. The highest BCUT2D eigenvalue weighted by Gasteiger charge is 2.29. The second kappa shape index (κ2) is 6.43. The van der Waals surface area contributed by atoms with Gasteiger partial charge in [-0.2, -0.15) is 0 Å². The lowest BCUT2D eigenvalue weighted by Crippen LogP contribution is -2.29. The van der Waals surface area contributed by atoms with Crippen molar-refractivity contribution in [2.24, 2.45) is 5.92 Å². The van der Waals surface area contributed by atoms with Crippen LogP contribution in [0.5, 0.6) is 0 Å². The van der Waals surface area contributed by atoms with Crippen LogP contribution in [-0.4, -0.2) is 54.4 Å². The summed E-state index contributed by atoms with van der Waals surface area (Å²) < 4.78 is 10.6. The van der Waals surface area contributed by atoms with E-state index < -0.39 is 0 Å². The number of hydrogen-bond acceptors (Lipinski definition) is 6. The van der Waals surface area contributed by atoms with Gasteiger partial charge in [-0.3, -0.25) is 4.79 Å². The van der Waals surface area contributed by atoms with Crippen LogP contribution in [-0.2, 0) is 14.9 Å². The number of hydrogen-bond donors (Lipinski definition) is 1. The summed E-state index contributed by atoms with van der Waals surface area (Å²) in [6.45, 7) is 8.69. The van der Waals surface area contributed by atoms with E-state index >= 15 is 0 Å². The molecule has 1 aliphatic heterocycles. The van der Waals surface area contributed by atoms with Crippen LogP contribution in [0.1, 0.15) is 33.1 Å². The number of anilines is 1. The van der Waals surface area contributed by atoms with E-state index in [9.17, 15) is 4.79 Å². The summed E-state index contributed by atoms with van der Waals surface area (Å²) in [6, 6.07) is 0.419. The van der Waals surface area contributed by atoms with E-state index in [-0.39, 0.29) is 17.2 Å². The van der Waals surface area contributed by atoms with Crippen molar-refractivity contribution in [2.75, 3.05) is 38.7 Å². The van der Waals surface area contributed by atoms with E-state index in [4.69, 9.17) is 9.15 Å². The first-order valence-corrected chi connectivity index (χ1v) is 7.24. The van der Waals surface area contributed by atoms with Crippen molar-refractivity contribution in [3.63, 3.8) is 0 Å². The molecule has 118 valence electrons. The topological polar surface area (TPSA) is 80.5 Å². The smallest absolute Gasteiger partial charge is 0.315 e. The summed E-state index contributed by atoms with van der Waals surface area (Å²) in [5.41, 5.74) is -0.160. The van der Waals surface area contributed by atoms with Crippen LogP contribution in [0.4, 0.5) is 6.01 Å². The van der Waals surface area contributed by atoms with Crippen molar-refractivity contribution in [1.82, 2.24) is 15.1 Å². The number of carbonyl (C=O) groups is 1. The SMILES string of the molecule is COCCN1C[C@H](CNc2nnc(C(C)(C)C)o2)CC1=O. The predicted octanol–water partition coefficient (Wildman–Crippen LogP) is 1.27. The summed E-state index contributed by atoms with van der Waals surface area (Å²) in [4.78, 5) is 13.7. The maximum atomic E-state index is 11.8. The first kappa shape index (κ1) is 15.8. The average molecular weight is 296 g/mol. The van der Waals surface area contributed by atoms with Gasteiger partial charge in [0.2, 0.25) is 11.8 Å². The normalized spacial score (nSPS) is 19.3. The van der Waals surface area contributed by atoms with E-state index in [0.717, 1.165) is 6.54 Å². The van der Waals surface area contributed by atoms with E-state index in [2.05, 4.69) is 15.5 Å². The minimum absolute atomic E-state index is 0.160. The quantitative estimate of drug-likeness (QED) is 0.851. The number of rotatable bonds is 6. The van der Waals surface area contributed by atoms with E-state index in [1.807, 2.05) is 25.7 Å². The summed E-state index contributed by atoms with van der Waals surface area (Å²) >= 11 is 0. The van der Waals surface area contributed by atoms with Crippen LogP contribution < -0.4 is 5.32 Å². The van der Waals surface area contributed by atoms with Gasteiger partial charge in [-0.05, 0) is 0 Å². The lowest BCUT2D eigenvalue weighted by Gasteiger charge is -2.15. The Labute approximate surface area is 125 Å². The van der Waals surface area contributed by atoms with Crippen LogP contribution in [0.15, 0.2) is 4.42 Å². The van der Waals surface area contributed by atoms with Crippen molar-refractivity contribution < 1.29 is 13.9 Å². The van der Waals surface area contributed by atoms with Crippen LogP contribution >= 0.6 is 0 Å². The Morgan fingerprint density at radius 2 is 2.19 bits per heavy atom. The molecule has 0 aliphatic carbocycles. The van der Waals surface area contributed by atoms with Gasteiger partial charge >= 0.3 is 6.01 Å². The molecule has 0 unspecified atom stereocenters. The molecule has 1 saturated heterocycles. The third-order valence-electron chi connectivity index (χ3n) is 3.47. The van der Waals surface area contributed by atoms with Crippen LogP contribution in [0, 0.1) is 5.92 Å². The molecule has 1 N–H and O–H groups in total. The monoisotopic (exact) mass is 296 g/mol. The Morgan fingerprint density at radius 1 is 1.43 bits per heavy atom. The molecule has 2 heterocycles. The molecule has 1 fully saturated rings. The molecule has 0 radical (unpaired) electrons. The Hall–Kier alpha value is -1.63. The molecule has 7 nitrogen and oxygen atoms in total. The van der Waals surface area contributed by atoms with E-state index in [1.165, 1.54) is 0 Å². The van der Waals surface area contributed by atoms with Gasteiger partial charge in [-0.25, -0.2) is 0 Å². The fraction of sp³-hybridized carbons (Fsp3) is 0.786. The summed E-state index contributed by atoms with van der Waals surface area (Å²) in [5, 5.41) is 11.1. The fourth-order valence-electron chi connectivity index (χ4n) is 2.24. The van der Waals surface area contributed by atoms with Gasteiger partial charge in [-0.1, -0.05) is 25.9 Å². The summed E-state index contributed by atoms with van der Waals surface area (Å²) in [5.74, 6) is 1.05. The Bertz CT molecular complexity index is 481. The molecule has 7 heteroatoms. The summed E-state index contributed by atoms with van der Waals surface area (Å²) in [6.07, 6.45) is 0.553. The standard InChI is InChI=1S/C14H24N4O3/c1-14(2,3)12-16-17-13(21-12)15-8-10-7-11(19)18(9-10)5-6-20-4/h10H,5-9H2,1-4H3,(H,15,17)/t10-/m0/s1. The fourth-order valence-corrected chi connectivity index (χ4v) is 2.24. The van der Waals surface area contributed by atoms with E-state index in [0.29, 0.717) is 38.0 Å². The number of aromatic nitrogens is 2. The van der Waals surface area contributed by atoms with Crippen molar-refractivity contribution in [1.29, 1.82) is 0 Å². The largest absolute Gasteiger partial charge is 0.408 e. The van der Waals surface area contributed by atoms with Gasteiger partial charge < -0.3 is 19.4 Å². The molecule has 0 bridgehead atoms. The van der Waals surface area contributed by atoms with Crippen molar-refractivity contribution in [3.8, 4) is 0 Å². The Morgan fingerprint density at radius 3 is 2.81 bits per heavy atom. The highest BCUT2D eigenvalue weighted by atomic mass is 16.5. The molecule has 2 rings (SSSR count). The first-order chi connectivity index (χ1) is 9.90. The molecule has 1 aromatic heterocycles. The molecule has 0 saturated carbocycles. The van der Waals surface area contributed by atoms with Crippen molar-refractivity contribution in [2.45, 2.75) is 32.6 Å². The predicted molar refractivity (Wildman–Crippen MR) is 78.1 cm³/mol. The van der Waals surface area contributed by atoms with Crippen LogP contribution in [0.3, 0.4) is 0 Å². The second-order valence-electron chi connectivity index (χ2n) is 6.45. The minimum atomic E-state index is -0.160. The number of methoxy groups -OCH3 is 1. The van der Waals surface area contributed by atoms with Crippen molar-refractivity contribution in [3.05, 3.63) is 5.89 Å². The number of ether oxygens (including phenoxy) is 1. The molecular weight excluding hydrogens is 272 g/mol. The van der Waals surface area contributed by atoms with Crippen LogP contribution in [0.25, 0.3) is 0 Å². The van der Waals surface area contributed by atoms with Gasteiger partial charge in [0.05, 0.1) is 6.61 Å². The molecule has 0 spiro atoms. The lowest BCUT2D eigenvalue weighted by atomic mass is 9.97. The molecule has 1 aliphatic rings. The van der Waals surface area contributed by atoms with E-state index in [1.54, 1.807) is 7.11 Å². The van der Waals surface area contributed by atoms with Gasteiger partial charge in [0.15, 0.2) is 0 Å². The molecule has 1 aromatic rings. The number of likely N-dealkylation sites (tertiary alicyclic amines) is 1. The molecule has 0 aromatic carbocycles. The maximum absolute atomic E-state index is 11.8. The zero-order valence-corrected chi connectivity index (χ0v) is 13.2. The number of carbonyl (C=O) groups excluding carboxylic acids is 1. The Balaban J connectivity index is 1.81. The number of nitrogens with one attached hydrogen (secondary N) is 1. The highest BCUT2D eigenvalue weighted by molar-refractivity contribution is 5.78. The first-order valence-electron chi connectivity index (χ1n) is 7.24. The number of nitrogens with zero attached hydrogens (tertiary/aromatic N) is 3. The molecule has 1 amide bonds. The van der Waals surface area contributed by atoms with Crippen LogP contribution in [0.2, 0.25) is 0 Å². The highest BCUT2D eigenvalue weighted by Crippen LogP contribution is 2.23. The van der Waals surface area contributed by atoms with Gasteiger partial charge in [0.25, 0.3) is 0 Å². The molecule has 1 atom stereocenters. The third kappa shape index (κ3) is 4.17. The second-order valence-corrected chi connectivity index (χ2v) is 6.45. The zero-order chi connectivity index (χ0) is 15.5.